The topological polar surface area (TPSA) is 92.3 Å². The number of unbranched alkanes of at least 4 members (excludes halogenated alkanes) is 2. The summed E-state index contributed by atoms with van der Waals surface area (Å²) in [6.45, 7) is 2.46. The highest BCUT2D eigenvalue weighted by molar-refractivity contribution is 7.15. The molecule has 2 rings (SSSR count). The fourth-order valence-electron chi connectivity index (χ4n) is 2.23. The van der Waals surface area contributed by atoms with E-state index in [1.54, 1.807) is 0 Å². The summed E-state index contributed by atoms with van der Waals surface area (Å²) < 4.78 is 0. The highest BCUT2D eigenvalue weighted by Gasteiger charge is 2.27. The van der Waals surface area contributed by atoms with Gasteiger partial charge in [-0.1, -0.05) is 24.7 Å². The van der Waals surface area contributed by atoms with Crippen LogP contribution < -0.4 is 5.32 Å². The van der Waals surface area contributed by atoms with Gasteiger partial charge in [-0.15, -0.1) is 10.2 Å². The van der Waals surface area contributed by atoms with Crippen LogP contribution in [0.5, 0.6) is 0 Å². The van der Waals surface area contributed by atoms with Crippen LogP contribution in [0.4, 0.5) is 5.13 Å². The van der Waals surface area contributed by atoms with Crippen LogP contribution in [0.1, 0.15) is 50.5 Å². The van der Waals surface area contributed by atoms with Crippen molar-refractivity contribution in [1.82, 2.24) is 15.1 Å². The van der Waals surface area contributed by atoms with E-state index in [1.165, 1.54) is 16.2 Å². The molecule has 8 heteroatoms. The van der Waals surface area contributed by atoms with E-state index in [1.807, 2.05) is 6.92 Å². The summed E-state index contributed by atoms with van der Waals surface area (Å²) in [5, 5.41) is 12.0. The molecule has 0 saturated carbocycles. The van der Waals surface area contributed by atoms with Gasteiger partial charge in [0.05, 0.1) is 0 Å². The molecule has 1 aromatic rings. The third kappa shape index (κ3) is 4.59. The van der Waals surface area contributed by atoms with Gasteiger partial charge in [-0.05, 0) is 19.3 Å². The number of amides is 3. The average Bonchev–Trinajstić information content (AvgIpc) is 3.07. The van der Waals surface area contributed by atoms with E-state index < -0.39 is 0 Å². The molecule has 120 valence electrons. The summed E-state index contributed by atoms with van der Waals surface area (Å²) in [5.41, 5.74) is 0. The highest BCUT2D eigenvalue weighted by atomic mass is 32.1. The van der Waals surface area contributed by atoms with Crippen LogP contribution in [0, 0.1) is 0 Å². The van der Waals surface area contributed by atoms with Gasteiger partial charge in [0, 0.05) is 25.8 Å². The van der Waals surface area contributed by atoms with Crippen molar-refractivity contribution >= 4 is 34.2 Å². The number of nitrogens with zero attached hydrogens (tertiary/aromatic N) is 3. The lowest BCUT2D eigenvalue weighted by Gasteiger charge is -2.12. The van der Waals surface area contributed by atoms with Crippen LogP contribution in [0.15, 0.2) is 0 Å². The molecule has 1 aliphatic rings. The Morgan fingerprint density at radius 3 is 2.55 bits per heavy atom. The van der Waals surface area contributed by atoms with Gasteiger partial charge in [-0.3, -0.25) is 19.3 Å². The summed E-state index contributed by atoms with van der Waals surface area (Å²) in [6, 6.07) is 0. The quantitative estimate of drug-likeness (QED) is 0.581. The van der Waals surface area contributed by atoms with E-state index in [2.05, 4.69) is 15.5 Å². The molecule has 0 bridgehead atoms. The highest BCUT2D eigenvalue weighted by Crippen LogP contribution is 2.16. The zero-order valence-corrected chi connectivity index (χ0v) is 13.4. The average molecular weight is 324 g/mol. The molecular weight excluding hydrogens is 304 g/mol. The predicted octanol–water partition coefficient (Wildman–Crippen LogP) is 1.75. The van der Waals surface area contributed by atoms with Gasteiger partial charge in [0.2, 0.25) is 22.9 Å². The first kappa shape index (κ1) is 16.5. The van der Waals surface area contributed by atoms with Crippen molar-refractivity contribution in [2.75, 3.05) is 11.9 Å². The normalized spacial score (nSPS) is 14.7. The maximum absolute atomic E-state index is 11.7. The van der Waals surface area contributed by atoms with Crippen molar-refractivity contribution in [3.8, 4) is 0 Å². The number of aromatic nitrogens is 2. The van der Waals surface area contributed by atoms with Crippen molar-refractivity contribution in [2.24, 2.45) is 0 Å². The monoisotopic (exact) mass is 324 g/mol. The Hall–Kier alpha value is -1.83. The molecule has 22 heavy (non-hydrogen) atoms. The standard InChI is InChI=1S/C14H20N4O3S/c1-2-11-16-17-14(22-11)15-10(19)6-4-3-5-9-18-12(20)7-8-13(18)21/h2-9H2,1H3,(H,15,17,19). The molecule has 0 aromatic carbocycles. The van der Waals surface area contributed by atoms with Crippen molar-refractivity contribution in [3.63, 3.8) is 0 Å². The molecule has 3 amide bonds. The van der Waals surface area contributed by atoms with Crippen LogP contribution in [-0.4, -0.2) is 39.4 Å². The van der Waals surface area contributed by atoms with Crippen molar-refractivity contribution in [3.05, 3.63) is 5.01 Å². The van der Waals surface area contributed by atoms with Crippen LogP contribution in [0.3, 0.4) is 0 Å². The fourth-order valence-corrected chi connectivity index (χ4v) is 2.93. The molecule has 0 spiro atoms. The second kappa shape index (κ2) is 7.98. The van der Waals surface area contributed by atoms with Gasteiger partial charge < -0.3 is 5.32 Å². The summed E-state index contributed by atoms with van der Waals surface area (Å²) in [5.74, 6) is -0.233. The molecule has 0 unspecified atom stereocenters. The lowest BCUT2D eigenvalue weighted by Crippen LogP contribution is -2.29. The Bertz CT molecular complexity index is 542. The Balaban J connectivity index is 1.59. The number of carbonyl (C=O) groups is 3. The fraction of sp³-hybridized carbons (Fsp3) is 0.643. The van der Waals surface area contributed by atoms with Gasteiger partial charge in [0.15, 0.2) is 0 Å². The van der Waals surface area contributed by atoms with E-state index in [0.29, 0.717) is 30.9 Å². The number of carbonyl (C=O) groups excluding carboxylic acids is 3. The van der Waals surface area contributed by atoms with Gasteiger partial charge in [-0.25, -0.2) is 0 Å². The summed E-state index contributed by atoms with van der Waals surface area (Å²) in [6.07, 6.45) is 4.15. The van der Waals surface area contributed by atoms with Crippen LogP contribution >= 0.6 is 11.3 Å². The minimum absolute atomic E-state index is 0.0767. The van der Waals surface area contributed by atoms with Crippen LogP contribution in [0.2, 0.25) is 0 Å². The Labute approximate surface area is 133 Å². The van der Waals surface area contributed by atoms with Gasteiger partial charge in [0.25, 0.3) is 0 Å². The zero-order valence-electron chi connectivity index (χ0n) is 12.6. The first-order chi connectivity index (χ1) is 10.6. The molecule has 0 radical (unpaired) electrons. The van der Waals surface area contributed by atoms with Gasteiger partial charge >= 0.3 is 0 Å². The lowest BCUT2D eigenvalue weighted by molar-refractivity contribution is -0.138. The smallest absolute Gasteiger partial charge is 0.229 e. The summed E-state index contributed by atoms with van der Waals surface area (Å²) in [7, 11) is 0. The number of likely N-dealkylation sites (tertiary alicyclic amines) is 1. The molecule has 1 N–H and O–H groups in total. The maximum Gasteiger partial charge on any atom is 0.229 e. The number of imide groups is 1. The Kier molecular flexibility index (Phi) is 6.00. The van der Waals surface area contributed by atoms with E-state index >= 15 is 0 Å². The zero-order chi connectivity index (χ0) is 15.9. The largest absolute Gasteiger partial charge is 0.301 e. The molecular formula is C14H20N4O3S. The lowest BCUT2D eigenvalue weighted by atomic mass is 10.2. The molecule has 1 aromatic heterocycles. The van der Waals surface area contributed by atoms with E-state index in [9.17, 15) is 14.4 Å². The summed E-state index contributed by atoms with van der Waals surface area (Å²) in [4.78, 5) is 35.9. The van der Waals surface area contributed by atoms with Crippen LogP contribution in [0.25, 0.3) is 0 Å². The molecule has 0 aliphatic carbocycles. The molecule has 7 nitrogen and oxygen atoms in total. The number of anilines is 1. The maximum atomic E-state index is 11.7. The predicted molar refractivity (Wildman–Crippen MR) is 82.3 cm³/mol. The van der Waals surface area contributed by atoms with E-state index in [-0.39, 0.29) is 17.7 Å². The Morgan fingerprint density at radius 1 is 1.18 bits per heavy atom. The first-order valence-electron chi connectivity index (χ1n) is 7.55. The van der Waals surface area contributed by atoms with Gasteiger partial charge in [-0.2, -0.15) is 0 Å². The van der Waals surface area contributed by atoms with E-state index in [4.69, 9.17) is 0 Å². The number of rotatable bonds is 8. The second-order valence-electron chi connectivity index (χ2n) is 5.15. The Morgan fingerprint density at radius 2 is 1.91 bits per heavy atom. The SMILES string of the molecule is CCc1nnc(NC(=O)CCCCCN2C(=O)CCC2=O)s1. The van der Waals surface area contributed by atoms with Crippen molar-refractivity contribution in [2.45, 2.75) is 51.9 Å². The van der Waals surface area contributed by atoms with E-state index in [0.717, 1.165) is 30.7 Å². The first-order valence-corrected chi connectivity index (χ1v) is 8.37. The molecule has 1 fully saturated rings. The molecule has 2 heterocycles. The number of nitrogens with one attached hydrogen (secondary N) is 1. The number of hydrogen-bond donors (Lipinski definition) is 1. The molecule has 1 aliphatic heterocycles. The molecule has 0 atom stereocenters. The van der Waals surface area contributed by atoms with Gasteiger partial charge in [0.1, 0.15) is 5.01 Å². The minimum atomic E-state index is -0.0780. The third-order valence-electron chi connectivity index (χ3n) is 3.46. The summed E-state index contributed by atoms with van der Waals surface area (Å²) >= 11 is 1.39. The third-order valence-corrected chi connectivity index (χ3v) is 4.44. The second-order valence-corrected chi connectivity index (χ2v) is 6.21. The number of aryl methyl sites for hydroxylation is 1. The van der Waals surface area contributed by atoms with Crippen LogP contribution in [-0.2, 0) is 20.8 Å². The minimum Gasteiger partial charge on any atom is -0.301 e. The molecule has 1 saturated heterocycles. The number of hydrogen-bond acceptors (Lipinski definition) is 6. The van der Waals surface area contributed by atoms with Crippen molar-refractivity contribution in [1.29, 1.82) is 0 Å². The van der Waals surface area contributed by atoms with Crippen molar-refractivity contribution < 1.29 is 14.4 Å².